The molecule has 1 saturated carbocycles. The van der Waals surface area contributed by atoms with Gasteiger partial charge in [-0.25, -0.2) is 0 Å². The van der Waals surface area contributed by atoms with Gasteiger partial charge in [0.15, 0.2) is 0 Å². The van der Waals surface area contributed by atoms with Crippen molar-refractivity contribution in [1.29, 1.82) is 0 Å². The van der Waals surface area contributed by atoms with Crippen molar-refractivity contribution in [3.8, 4) is 5.75 Å². The largest absolute Gasteiger partial charge is 0.492 e. The van der Waals surface area contributed by atoms with Crippen LogP contribution < -0.4 is 4.74 Å². The summed E-state index contributed by atoms with van der Waals surface area (Å²) in [6.07, 6.45) is 6.61. The molecule has 1 heterocycles. The maximum absolute atomic E-state index is 11.6. The standard InChI is InChI=1S/C19H27NO3/c1-2-14-6-5-8-16(12-14)23-11-10-20-17-9-4-3-7-15(17)13-18(20)19(21)22/h5-6,8,12,15,17-18H,2-4,7,9-11,13H2,1H3,(H,21,22). The highest BCUT2D eigenvalue weighted by Crippen LogP contribution is 2.39. The number of likely N-dealkylation sites (tertiary alicyclic amines) is 1. The number of aliphatic carboxylic acids is 1. The number of carboxylic acid groups (broad SMARTS) is 1. The fraction of sp³-hybridized carbons (Fsp3) is 0.632. The minimum Gasteiger partial charge on any atom is -0.492 e. The van der Waals surface area contributed by atoms with Crippen LogP contribution in [0.25, 0.3) is 0 Å². The molecule has 0 aromatic heterocycles. The summed E-state index contributed by atoms with van der Waals surface area (Å²) < 4.78 is 5.88. The summed E-state index contributed by atoms with van der Waals surface area (Å²) in [5.74, 6) is 0.774. The van der Waals surface area contributed by atoms with Crippen LogP contribution in [0.4, 0.5) is 0 Å². The predicted octanol–water partition coefficient (Wildman–Crippen LogP) is 3.35. The molecule has 1 aliphatic heterocycles. The number of ether oxygens (including phenoxy) is 1. The summed E-state index contributed by atoms with van der Waals surface area (Å²) in [4.78, 5) is 13.8. The number of nitrogens with zero attached hydrogens (tertiary/aromatic N) is 1. The van der Waals surface area contributed by atoms with Crippen LogP contribution in [0.2, 0.25) is 0 Å². The van der Waals surface area contributed by atoms with Crippen molar-refractivity contribution in [1.82, 2.24) is 4.90 Å². The van der Waals surface area contributed by atoms with E-state index >= 15 is 0 Å². The number of hydrogen-bond donors (Lipinski definition) is 1. The SMILES string of the molecule is CCc1cccc(OCCN2C(C(=O)O)CC3CCCCC32)c1. The molecule has 0 spiro atoms. The van der Waals surface area contributed by atoms with E-state index in [0.29, 0.717) is 25.1 Å². The number of carboxylic acids is 1. The Bertz CT molecular complexity index is 545. The maximum Gasteiger partial charge on any atom is 0.320 e. The highest BCUT2D eigenvalue weighted by molar-refractivity contribution is 5.74. The summed E-state index contributed by atoms with van der Waals surface area (Å²) >= 11 is 0. The molecule has 23 heavy (non-hydrogen) atoms. The first-order valence-corrected chi connectivity index (χ1v) is 8.89. The molecule has 0 radical (unpaired) electrons. The molecule has 2 fully saturated rings. The zero-order chi connectivity index (χ0) is 16.2. The normalized spacial score (nSPS) is 27.6. The van der Waals surface area contributed by atoms with Gasteiger partial charge in [0, 0.05) is 12.6 Å². The number of carbonyl (C=O) groups is 1. The van der Waals surface area contributed by atoms with Gasteiger partial charge in [-0.05, 0) is 49.3 Å². The number of rotatable bonds is 6. The van der Waals surface area contributed by atoms with Gasteiger partial charge in [-0.1, -0.05) is 31.9 Å². The molecule has 4 heteroatoms. The summed E-state index contributed by atoms with van der Waals surface area (Å²) in [5.41, 5.74) is 1.26. The van der Waals surface area contributed by atoms with Crippen molar-refractivity contribution < 1.29 is 14.6 Å². The third-order valence-corrected chi connectivity index (χ3v) is 5.43. The molecule has 126 valence electrons. The van der Waals surface area contributed by atoms with Crippen LogP contribution in [-0.4, -0.2) is 41.2 Å². The number of fused-ring (bicyclic) bond motifs is 1. The molecule has 2 aliphatic rings. The second-order valence-electron chi connectivity index (χ2n) is 6.79. The highest BCUT2D eigenvalue weighted by Gasteiger charge is 2.44. The van der Waals surface area contributed by atoms with Gasteiger partial charge in [-0.3, -0.25) is 9.69 Å². The summed E-state index contributed by atoms with van der Waals surface area (Å²) in [6, 6.07) is 8.27. The van der Waals surface area contributed by atoms with Gasteiger partial charge in [-0.2, -0.15) is 0 Å². The van der Waals surface area contributed by atoms with E-state index in [1.54, 1.807) is 0 Å². The lowest BCUT2D eigenvalue weighted by molar-refractivity contribution is -0.142. The second kappa shape index (κ2) is 7.35. The molecule has 3 atom stereocenters. The number of hydrogen-bond acceptors (Lipinski definition) is 3. The minimum absolute atomic E-state index is 0.325. The smallest absolute Gasteiger partial charge is 0.320 e. The van der Waals surface area contributed by atoms with Crippen LogP contribution in [0.1, 0.15) is 44.6 Å². The van der Waals surface area contributed by atoms with E-state index in [1.165, 1.54) is 24.8 Å². The summed E-state index contributed by atoms with van der Waals surface area (Å²) in [6.45, 7) is 3.39. The molecule has 3 unspecified atom stereocenters. The van der Waals surface area contributed by atoms with E-state index in [4.69, 9.17) is 4.74 Å². The van der Waals surface area contributed by atoms with Crippen LogP contribution >= 0.6 is 0 Å². The van der Waals surface area contributed by atoms with E-state index in [1.807, 2.05) is 12.1 Å². The molecule has 1 saturated heterocycles. The van der Waals surface area contributed by atoms with E-state index in [2.05, 4.69) is 24.0 Å². The summed E-state index contributed by atoms with van der Waals surface area (Å²) in [5, 5.41) is 9.53. The van der Waals surface area contributed by atoms with Crippen molar-refractivity contribution in [2.45, 2.75) is 57.5 Å². The number of benzene rings is 1. The molecule has 1 N–H and O–H groups in total. The van der Waals surface area contributed by atoms with Crippen molar-refractivity contribution in [3.05, 3.63) is 29.8 Å². The van der Waals surface area contributed by atoms with Crippen molar-refractivity contribution in [2.24, 2.45) is 5.92 Å². The third-order valence-electron chi connectivity index (χ3n) is 5.43. The molecule has 4 nitrogen and oxygen atoms in total. The Morgan fingerprint density at radius 2 is 2.17 bits per heavy atom. The minimum atomic E-state index is -0.674. The molecular formula is C19H27NO3. The van der Waals surface area contributed by atoms with Gasteiger partial charge < -0.3 is 9.84 Å². The molecule has 0 bridgehead atoms. The average molecular weight is 317 g/mol. The number of aryl methyl sites for hydroxylation is 1. The van der Waals surface area contributed by atoms with Gasteiger partial charge in [0.05, 0.1) is 0 Å². The topological polar surface area (TPSA) is 49.8 Å². The molecule has 0 amide bonds. The lowest BCUT2D eigenvalue weighted by Gasteiger charge is -2.32. The van der Waals surface area contributed by atoms with Crippen LogP contribution in [0.5, 0.6) is 5.75 Å². The molecule has 3 rings (SSSR count). The Hall–Kier alpha value is -1.55. The third kappa shape index (κ3) is 3.69. The first-order chi connectivity index (χ1) is 11.2. The van der Waals surface area contributed by atoms with Crippen LogP contribution in [0.15, 0.2) is 24.3 Å². The maximum atomic E-state index is 11.6. The van der Waals surface area contributed by atoms with E-state index < -0.39 is 5.97 Å². The zero-order valence-electron chi connectivity index (χ0n) is 13.9. The van der Waals surface area contributed by atoms with Gasteiger partial charge in [0.25, 0.3) is 0 Å². The first-order valence-electron chi connectivity index (χ1n) is 8.89. The van der Waals surface area contributed by atoms with Crippen LogP contribution in [0.3, 0.4) is 0 Å². The van der Waals surface area contributed by atoms with Gasteiger partial charge in [0.2, 0.25) is 0 Å². The van der Waals surface area contributed by atoms with Gasteiger partial charge >= 0.3 is 5.97 Å². The highest BCUT2D eigenvalue weighted by atomic mass is 16.5. The Balaban J connectivity index is 1.59. The van der Waals surface area contributed by atoms with E-state index in [-0.39, 0.29) is 6.04 Å². The second-order valence-corrected chi connectivity index (χ2v) is 6.79. The van der Waals surface area contributed by atoms with Crippen molar-refractivity contribution in [3.63, 3.8) is 0 Å². The quantitative estimate of drug-likeness (QED) is 0.874. The molecule has 1 aromatic carbocycles. The van der Waals surface area contributed by atoms with E-state index in [9.17, 15) is 9.90 Å². The Labute approximate surface area is 138 Å². The lowest BCUT2D eigenvalue weighted by atomic mass is 9.85. The summed E-state index contributed by atoms with van der Waals surface area (Å²) in [7, 11) is 0. The lowest BCUT2D eigenvalue weighted by Crippen LogP contribution is -2.44. The molecule has 1 aliphatic carbocycles. The monoisotopic (exact) mass is 317 g/mol. The fourth-order valence-corrected chi connectivity index (χ4v) is 4.24. The Morgan fingerprint density at radius 3 is 2.96 bits per heavy atom. The Morgan fingerprint density at radius 1 is 1.35 bits per heavy atom. The average Bonchev–Trinajstić information content (AvgIpc) is 2.94. The van der Waals surface area contributed by atoms with Gasteiger partial charge in [-0.15, -0.1) is 0 Å². The molecule has 1 aromatic rings. The van der Waals surface area contributed by atoms with E-state index in [0.717, 1.165) is 25.0 Å². The first kappa shape index (κ1) is 16.3. The van der Waals surface area contributed by atoms with Crippen LogP contribution in [-0.2, 0) is 11.2 Å². The van der Waals surface area contributed by atoms with Crippen molar-refractivity contribution in [2.75, 3.05) is 13.2 Å². The predicted molar refractivity (Wildman–Crippen MR) is 89.8 cm³/mol. The fourth-order valence-electron chi connectivity index (χ4n) is 4.24. The van der Waals surface area contributed by atoms with Crippen LogP contribution in [0, 0.1) is 5.92 Å². The molecular weight excluding hydrogens is 290 g/mol. The van der Waals surface area contributed by atoms with Gasteiger partial charge in [0.1, 0.15) is 18.4 Å². The zero-order valence-corrected chi connectivity index (χ0v) is 13.9. The Kier molecular flexibility index (Phi) is 5.21. The van der Waals surface area contributed by atoms with Crippen molar-refractivity contribution >= 4 is 5.97 Å².